The molecule has 0 radical (unpaired) electrons. The summed E-state index contributed by atoms with van der Waals surface area (Å²) in [6.07, 6.45) is 8.21. The predicted molar refractivity (Wildman–Crippen MR) is 58.4 cm³/mol. The highest BCUT2D eigenvalue weighted by Gasteiger charge is 2.06. The van der Waals surface area contributed by atoms with Crippen molar-refractivity contribution in [1.29, 1.82) is 0 Å². The molecule has 2 N–H and O–H groups in total. The Morgan fingerprint density at radius 3 is 2.81 bits per heavy atom. The van der Waals surface area contributed by atoms with Crippen LogP contribution in [-0.4, -0.2) is 24.6 Å². The Morgan fingerprint density at radius 1 is 1.06 bits per heavy atom. The highest BCUT2D eigenvalue weighted by atomic mass is 15.3. The molecule has 0 amide bonds. The lowest BCUT2D eigenvalue weighted by atomic mass is 10.3. The average molecular weight is 212 g/mol. The number of anilines is 1. The van der Waals surface area contributed by atoms with Gasteiger partial charge in [-0.3, -0.25) is 9.97 Å². The molecule has 0 atom stereocenters. The minimum Gasteiger partial charge on any atom is -0.396 e. The molecule has 0 aliphatic rings. The van der Waals surface area contributed by atoms with Crippen LogP contribution < -0.4 is 5.73 Å². The van der Waals surface area contributed by atoms with Crippen LogP contribution >= 0.6 is 0 Å². The van der Waals surface area contributed by atoms with Gasteiger partial charge in [-0.05, 0) is 0 Å². The lowest BCUT2D eigenvalue weighted by Gasteiger charge is -1.93. The lowest BCUT2D eigenvalue weighted by Crippen LogP contribution is -1.94. The topological polar surface area (TPSA) is 82.0 Å². The number of nitrogens with two attached hydrogens (primary N) is 1. The number of hydrogen-bond acceptors (Lipinski definition) is 5. The van der Waals surface area contributed by atoms with E-state index in [-0.39, 0.29) is 0 Å². The molecule has 0 bridgehead atoms. The van der Waals surface area contributed by atoms with E-state index in [9.17, 15) is 0 Å². The molecule has 0 saturated heterocycles. The van der Waals surface area contributed by atoms with E-state index < -0.39 is 0 Å². The van der Waals surface area contributed by atoms with Gasteiger partial charge in [-0.2, -0.15) is 5.10 Å². The Hall–Kier alpha value is -2.50. The smallest absolute Gasteiger partial charge is 0.155 e. The highest BCUT2D eigenvalue weighted by molar-refractivity contribution is 5.60. The van der Waals surface area contributed by atoms with Crippen LogP contribution in [-0.2, 0) is 0 Å². The lowest BCUT2D eigenvalue weighted by molar-refractivity contribution is 0.942. The van der Waals surface area contributed by atoms with Crippen LogP contribution in [0.25, 0.3) is 17.0 Å². The molecule has 0 aliphatic heterocycles. The van der Waals surface area contributed by atoms with E-state index in [4.69, 9.17) is 5.73 Å². The molecule has 6 nitrogen and oxygen atoms in total. The van der Waals surface area contributed by atoms with Crippen molar-refractivity contribution in [2.75, 3.05) is 5.73 Å². The van der Waals surface area contributed by atoms with Gasteiger partial charge in [0.05, 0.1) is 24.3 Å². The standard InChI is InChI=1S/C10H8N6/c11-7-4-14-10-3-8(15-16(10)6-7)9-5-12-1-2-13-9/h1-6H,11H2. The number of fused-ring (bicyclic) bond motifs is 1. The number of nitrogens with zero attached hydrogens (tertiary/aromatic N) is 5. The van der Waals surface area contributed by atoms with Gasteiger partial charge in [0.25, 0.3) is 0 Å². The summed E-state index contributed by atoms with van der Waals surface area (Å²) in [5.74, 6) is 0. The van der Waals surface area contributed by atoms with Crippen molar-refractivity contribution in [3.05, 3.63) is 37.1 Å². The van der Waals surface area contributed by atoms with Gasteiger partial charge in [0.1, 0.15) is 11.4 Å². The Balaban J connectivity index is 2.19. The third-order valence-electron chi connectivity index (χ3n) is 2.16. The van der Waals surface area contributed by atoms with Gasteiger partial charge >= 0.3 is 0 Å². The van der Waals surface area contributed by atoms with Crippen molar-refractivity contribution in [1.82, 2.24) is 24.6 Å². The first-order chi connectivity index (χ1) is 7.83. The third-order valence-corrected chi connectivity index (χ3v) is 2.16. The quantitative estimate of drug-likeness (QED) is 0.644. The van der Waals surface area contributed by atoms with Gasteiger partial charge in [-0.1, -0.05) is 0 Å². The summed E-state index contributed by atoms with van der Waals surface area (Å²) in [7, 11) is 0. The van der Waals surface area contributed by atoms with E-state index in [0.29, 0.717) is 11.4 Å². The monoisotopic (exact) mass is 212 g/mol. The molecule has 0 spiro atoms. The Labute approximate surface area is 90.8 Å². The van der Waals surface area contributed by atoms with Crippen LogP contribution in [0, 0.1) is 0 Å². The van der Waals surface area contributed by atoms with E-state index in [2.05, 4.69) is 20.1 Å². The van der Waals surface area contributed by atoms with E-state index in [0.717, 1.165) is 11.3 Å². The van der Waals surface area contributed by atoms with Gasteiger partial charge in [0, 0.05) is 18.5 Å². The van der Waals surface area contributed by atoms with Crippen molar-refractivity contribution >= 4 is 11.3 Å². The summed E-state index contributed by atoms with van der Waals surface area (Å²) in [6, 6.07) is 1.84. The second-order valence-corrected chi connectivity index (χ2v) is 3.31. The van der Waals surface area contributed by atoms with E-state index >= 15 is 0 Å². The van der Waals surface area contributed by atoms with Crippen molar-refractivity contribution in [3.63, 3.8) is 0 Å². The number of hydrogen-bond donors (Lipinski definition) is 1. The molecule has 3 aromatic heterocycles. The van der Waals surface area contributed by atoms with Crippen LogP contribution in [0.2, 0.25) is 0 Å². The molecule has 16 heavy (non-hydrogen) atoms. The molecular weight excluding hydrogens is 204 g/mol. The third kappa shape index (κ3) is 1.36. The van der Waals surface area contributed by atoms with Gasteiger partial charge in [-0.25, -0.2) is 9.50 Å². The minimum absolute atomic E-state index is 0.571. The van der Waals surface area contributed by atoms with Crippen molar-refractivity contribution < 1.29 is 0 Å². The first-order valence-electron chi connectivity index (χ1n) is 4.70. The predicted octanol–water partition coefficient (Wildman–Crippen LogP) is 0.768. The molecule has 78 valence electrons. The highest BCUT2D eigenvalue weighted by Crippen LogP contribution is 2.15. The van der Waals surface area contributed by atoms with E-state index in [1.807, 2.05) is 6.07 Å². The van der Waals surface area contributed by atoms with Crippen LogP contribution in [0.15, 0.2) is 37.1 Å². The second kappa shape index (κ2) is 3.27. The zero-order valence-corrected chi connectivity index (χ0v) is 8.28. The van der Waals surface area contributed by atoms with Crippen molar-refractivity contribution in [3.8, 4) is 11.4 Å². The normalized spacial score (nSPS) is 10.8. The summed E-state index contributed by atoms with van der Waals surface area (Å²) in [6.45, 7) is 0. The summed E-state index contributed by atoms with van der Waals surface area (Å²) in [4.78, 5) is 12.3. The number of aromatic nitrogens is 5. The fraction of sp³-hybridized carbons (Fsp3) is 0. The fourth-order valence-corrected chi connectivity index (χ4v) is 1.45. The Bertz CT molecular complexity index is 630. The van der Waals surface area contributed by atoms with Gasteiger partial charge in [0.2, 0.25) is 0 Å². The number of rotatable bonds is 1. The Morgan fingerprint density at radius 2 is 2.00 bits per heavy atom. The van der Waals surface area contributed by atoms with Crippen molar-refractivity contribution in [2.24, 2.45) is 0 Å². The molecule has 0 saturated carbocycles. The van der Waals surface area contributed by atoms with Gasteiger partial charge in [-0.15, -0.1) is 0 Å². The van der Waals surface area contributed by atoms with Crippen molar-refractivity contribution in [2.45, 2.75) is 0 Å². The molecule has 0 unspecified atom stereocenters. The minimum atomic E-state index is 0.571. The molecular formula is C10H8N6. The van der Waals surface area contributed by atoms with E-state index in [1.54, 1.807) is 35.5 Å². The SMILES string of the molecule is Nc1cnc2cc(-c3cnccn3)nn2c1. The first-order valence-corrected chi connectivity index (χ1v) is 4.70. The average Bonchev–Trinajstić information content (AvgIpc) is 2.73. The van der Waals surface area contributed by atoms with Crippen LogP contribution in [0.4, 0.5) is 5.69 Å². The molecule has 6 heteroatoms. The van der Waals surface area contributed by atoms with Crippen LogP contribution in [0.3, 0.4) is 0 Å². The summed E-state index contributed by atoms with van der Waals surface area (Å²) >= 11 is 0. The van der Waals surface area contributed by atoms with Crippen LogP contribution in [0.5, 0.6) is 0 Å². The molecule has 3 aromatic rings. The van der Waals surface area contributed by atoms with Gasteiger partial charge < -0.3 is 5.73 Å². The largest absolute Gasteiger partial charge is 0.396 e. The zero-order chi connectivity index (χ0) is 11.0. The summed E-state index contributed by atoms with van der Waals surface area (Å²) in [5.41, 5.74) is 8.36. The number of nitrogen functional groups attached to an aromatic ring is 1. The maximum absolute atomic E-state index is 5.62. The van der Waals surface area contributed by atoms with E-state index in [1.165, 1.54) is 0 Å². The fourth-order valence-electron chi connectivity index (χ4n) is 1.45. The van der Waals surface area contributed by atoms with Gasteiger partial charge in [0.15, 0.2) is 5.65 Å². The zero-order valence-electron chi connectivity index (χ0n) is 8.28. The second-order valence-electron chi connectivity index (χ2n) is 3.31. The first kappa shape index (κ1) is 8.78. The molecule has 3 rings (SSSR count). The Kier molecular flexibility index (Phi) is 1.79. The maximum Gasteiger partial charge on any atom is 0.155 e. The molecule has 3 heterocycles. The molecule has 0 aliphatic carbocycles. The summed E-state index contributed by atoms with van der Waals surface area (Å²) < 4.78 is 1.62. The molecule has 0 fully saturated rings. The van der Waals surface area contributed by atoms with Crippen LogP contribution in [0.1, 0.15) is 0 Å². The molecule has 0 aromatic carbocycles. The summed E-state index contributed by atoms with van der Waals surface area (Å²) in [5, 5.41) is 4.32. The maximum atomic E-state index is 5.62.